The zero-order valence-corrected chi connectivity index (χ0v) is 27.0. The molecule has 1 atom stereocenters. The number of para-hydroxylation sites is 1. The molecule has 12 nitrogen and oxygen atoms in total. The Hall–Kier alpha value is -4.03. The molecule has 47 heavy (non-hydrogen) atoms. The molecule has 3 saturated heterocycles. The number of rotatable bonds is 6. The van der Waals surface area contributed by atoms with Crippen molar-refractivity contribution in [2.45, 2.75) is 56.7 Å². The van der Waals surface area contributed by atoms with Gasteiger partial charge in [0.25, 0.3) is 5.91 Å². The summed E-state index contributed by atoms with van der Waals surface area (Å²) in [4.78, 5) is 48.7. The van der Waals surface area contributed by atoms with Gasteiger partial charge in [-0.3, -0.25) is 9.69 Å². The molecule has 0 bridgehead atoms. The number of hydrogen-bond acceptors (Lipinski definition) is 8. The van der Waals surface area contributed by atoms with Crippen LogP contribution in [0, 0.1) is 0 Å². The van der Waals surface area contributed by atoms with Crippen molar-refractivity contribution >= 4 is 23.7 Å². The summed E-state index contributed by atoms with van der Waals surface area (Å²) in [5.41, 5.74) is 2.84. The highest BCUT2D eigenvalue weighted by Crippen LogP contribution is 2.32. The summed E-state index contributed by atoms with van der Waals surface area (Å²) in [6.45, 7) is 7.90. The molecule has 2 aromatic rings. The van der Waals surface area contributed by atoms with E-state index in [2.05, 4.69) is 21.6 Å². The van der Waals surface area contributed by atoms with E-state index in [4.69, 9.17) is 14.2 Å². The van der Waals surface area contributed by atoms with Gasteiger partial charge >= 0.3 is 12.1 Å². The number of nitrogens with one attached hydrogen (secondary N) is 2. The maximum Gasteiger partial charge on any atom is 0.410 e. The Balaban J connectivity index is 0.987. The first-order valence-electron chi connectivity index (χ1n) is 17.2. The van der Waals surface area contributed by atoms with Gasteiger partial charge in [-0.1, -0.05) is 24.3 Å². The molecule has 0 saturated carbocycles. The summed E-state index contributed by atoms with van der Waals surface area (Å²) in [6, 6.07) is 14.0. The van der Waals surface area contributed by atoms with Crippen LogP contribution in [0.15, 0.2) is 42.5 Å². The molecule has 5 aliphatic rings. The lowest BCUT2D eigenvalue weighted by atomic mass is 10.0. The predicted octanol–water partition coefficient (Wildman–Crippen LogP) is 2.96. The average Bonchev–Trinajstić information content (AvgIpc) is 3.29. The second kappa shape index (κ2) is 14.4. The maximum atomic E-state index is 14.0. The predicted molar refractivity (Wildman–Crippen MR) is 176 cm³/mol. The Labute approximate surface area is 276 Å². The number of piperazine rings is 1. The molecule has 1 unspecified atom stereocenters. The van der Waals surface area contributed by atoms with Gasteiger partial charge in [-0.2, -0.15) is 0 Å². The minimum atomic E-state index is -0.951. The normalized spacial score (nSPS) is 21.8. The summed E-state index contributed by atoms with van der Waals surface area (Å²) in [7, 11) is 0. The fourth-order valence-electron chi connectivity index (χ4n) is 7.60. The van der Waals surface area contributed by atoms with Gasteiger partial charge in [0, 0.05) is 83.1 Å². The molecule has 0 aliphatic carbocycles. The third kappa shape index (κ3) is 7.28. The molecule has 5 aliphatic heterocycles. The minimum Gasteiger partial charge on any atom is -0.486 e. The largest absolute Gasteiger partial charge is 0.486 e. The second-order valence-corrected chi connectivity index (χ2v) is 13.1. The highest BCUT2D eigenvalue weighted by atomic mass is 16.6. The van der Waals surface area contributed by atoms with E-state index in [1.807, 2.05) is 46.2 Å². The fourth-order valence-corrected chi connectivity index (χ4v) is 7.60. The van der Waals surface area contributed by atoms with Crippen LogP contribution in [-0.4, -0.2) is 128 Å². The molecule has 252 valence electrons. The number of fused-ring (bicyclic) bond motifs is 2. The number of benzene rings is 2. The number of nitrogens with zero attached hydrogens (tertiary/aromatic N) is 4. The standard InChI is InChI=1S/C35H46N6O6/c42-33(39-14-8-27(9-15-39)38-19-12-36-13-20-38)32(24-25-5-6-30-31(23-25)46-22-21-45-30)47-35(44)40-16-10-28(11-17-40)41-18-7-26-3-1-2-4-29(26)37-34(41)43/h1-6,23,27-28,32,36H,7-22,24H2,(H,37,43). The lowest BCUT2D eigenvalue weighted by Crippen LogP contribution is -2.54. The zero-order chi connectivity index (χ0) is 32.2. The van der Waals surface area contributed by atoms with Crippen molar-refractivity contribution in [1.82, 2.24) is 24.9 Å². The van der Waals surface area contributed by atoms with E-state index in [1.165, 1.54) is 0 Å². The van der Waals surface area contributed by atoms with Gasteiger partial charge in [0.2, 0.25) is 0 Å². The molecule has 2 aromatic carbocycles. The van der Waals surface area contributed by atoms with Crippen molar-refractivity contribution in [3.8, 4) is 11.5 Å². The van der Waals surface area contributed by atoms with Crippen LogP contribution in [0.5, 0.6) is 11.5 Å². The SMILES string of the molecule is O=C(OC(Cc1ccc2c(c1)OCCO2)C(=O)N1CCC(N2CCNCC2)CC1)N1CCC(N2CCc3ccccc3NC2=O)CC1. The van der Waals surface area contributed by atoms with Gasteiger partial charge in [-0.15, -0.1) is 0 Å². The quantitative estimate of drug-likeness (QED) is 0.493. The van der Waals surface area contributed by atoms with Crippen molar-refractivity contribution in [3.63, 3.8) is 0 Å². The van der Waals surface area contributed by atoms with Crippen molar-refractivity contribution in [3.05, 3.63) is 53.6 Å². The number of piperidine rings is 2. The molecular formula is C35H46N6O6. The molecule has 0 spiro atoms. The maximum absolute atomic E-state index is 14.0. The Morgan fingerprint density at radius 1 is 0.830 bits per heavy atom. The van der Waals surface area contributed by atoms with Crippen LogP contribution < -0.4 is 20.1 Å². The van der Waals surface area contributed by atoms with Gasteiger partial charge in [0.05, 0.1) is 0 Å². The lowest BCUT2D eigenvalue weighted by Gasteiger charge is -2.41. The molecule has 12 heteroatoms. The van der Waals surface area contributed by atoms with E-state index in [1.54, 1.807) is 4.90 Å². The van der Waals surface area contributed by atoms with Crippen LogP contribution in [0.2, 0.25) is 0 Å². The van der Waals surface area contributed by atoms with Crippen molar-refractivity contribution in [1.29, 1.82) is 0 Å². The molecule has 0 aromatic heterocycles. The minimum absolute atomic E-state index is 0.0282. The van der Waals surface area contributed by atoms with Crippen molar-refractivity contribution in [2.75, 3.05) is 77.4 Å². The average molecular weight is 647 g/mol. The van der Waals surface area contributed by atoms with E-state index in [9.17, 15) is 14.4 Å². The third-order valence-electron chi connectivity index (χ3n) is 10.3. The first-order chi connectivity index (χ1) is 23.0. The number of hydrogen-bond donors (Lipinski definition) is 2. The van der Waals surface area contributed by atoms with Crippen LogP contribution in [0.4, 0.5) is 15.3 Å². The second-order valence-electron chi connectivity index (χ2n) is 13.1. The molecule has 2 N–H and O–H groups in total. The number of urea groups is 1. The topological polar surface area (TPSA) is 116 Å². The number of carbonyl (C=O) groups excluding carboxylic acids is 3. The molecule has 0 radical (unpaired) electrons. The Morgan fingerprint density at radius 2 is 1.53 bits per heavy atom. The molecule has 7 rings (SSSR count). The summed E-state index contributed by atoms with van der Waals surface area (Å²) < 4.78 is 17.5. The van der Waals surface area contributed by atoms with E-state index < -0.39 is 12.2 Å². The van der Waals surface area contributed by atoms with Gasteiger partial charge in [0.1, 0.15) is 13.2 Å². The van der Waals surface area contributed by atoms with Gasteiger partial charge in [0.15, 0.2) is 17.6 Å². The summed E-state index contributed by atoms with van der Waals surface area (Å²) in [5, 5.41) is 6.47. The number of anilines is 1. The van der Waals surface area contributed by atoms with Crippen molar-refractivity contribution < 1.29 is 28.6 Å². The fraction of sp³-hybridized carbons (Fsp3) is 0.571. The molecule has 4 amide bonds. The number of amides is 4. The van der Waals surface area contributed by atoms with Crippen molar-refractivity contribution in [2.24, 2.45) is 0 Å². The van der Waals surface area contributed by atoms with Crippen LogP contribution in [0.3, 0.4) is 0 Å². The van der Waals surface area contributed by atoms with Gasteiger partial charge < -0.3 is 39.5 Å². The molecule has 3 fully saturated rings. The van der Waals surface area contributed by atoms with Gasteiger partial charge in [-0.25, -0.2) is 9.59 Å². The first kappa shape index (κ1) is 31.6. The number of likely N-dealkylation sites (tertiary alicyclic amines) is 2. The van der Waals surface area contributed by atoms with E-state index in [0.29, 0.717) is 76.3 Å². The van der Waals surface area contributed by atoms with E-state index >= 15 is 0 Å². The molecular weight excluding hydrogens is 600 g/mol. The van der Waals surface area contributed by atoms with Gasteiger partial charge in [-0.05, 0) is 61.4 Å². The summed E-state index contributed by atoms with van der Waals surface area (Å²) in [6.07, 6.45) is 2.74. The van der Waals surface area contributed by atoms with E-state index in [-0.39, 0.29) is 24.4 Å². The van der Waals surface area contributed by atoms with Crippen LogP contribution in [0.25, 0.3) is 0 Å². The number of carbonyl (C=O) groups is 3. The molecule has 5 heterocycles. The zero-order valence-electron chi connectivity index (χ0n) is 27.0. The monoisotopic (exact) mass is 646 g/mol. The Bertz CT molecular complexity index is 1430. The highest BCUT2D eigenvalue weighted by Gasteiger charge is 2.36. The lowest BCUT2D eigenvalue weighted by molar-refractivity contribution is -0.142. The number of ether oxygens (including phenoxy) is 3. The van der Waals surface area contributed by atoms with Crippen LogP contribution >= 0.6 is 0 Å². The van der Waals surface area contributed by atoms with Crippen LogP contribution in [0.1, 0.15) is 36.8 Å². The summed E-state index contributed by atoms with van der Waals surface area (Å²) >= 11 is 0. The third-order valence-corrected chi connectivity index (χ3v) is 10.3. The summed E-state index contributed by atoms with van der Waals surface area (Å²) in [5.74, 6) is 1.17. The van der Waals surface area contributed by atoms with E-state index in [0.717, 1.165) is 62.3 Å². The Kier molecular flexibility index (Phi) is 9.66. The first-order valence-corrected chi connectivity index (χ1v) is 17.2. The van der Waals surface area contributed by atoms with Crippen LogP contribution in [-0.2, 0) is 22.4 Å². The highest BCUT2D eigenvalue weighted by molar-refractivity contribution is 5.91. The Morgan fingerprint density at radius 3 is 2.32 bits per heavy atom. The smallest absolute Gasteiger partial charge is 0.410 e.